The summed E-state index contributed by atoms with van der Waals surface area (Å²) >= 11 is 0. The molecule has 0 fully saturated rings. The van der Waals surface area contributed by atoms with Crippen molar-refractivity contribution in [3.63, 3.8) is 0 Å². The Labute approximate surface area is 165 Å². The van der Waals surface area contributed by atoms with Crippen LogP contribution in [0.15, 0.2) is 83.8 Å². The van der Waals surface area contributed by atoms with Crippen LogP contribution in [0.4, 0.5) is 11.4 Å². The van der Waals surface area contributed by atoms with E-state index in [4.69, 9.17) is 4.18 Å². The summed E-state index contributed by atoms with van der Waals surface area (Å²) in [5.74, 6) is 0.241. The lowest BCUT2D eigenvalue weighted by Crippen LogP contribution is -2.13. The van der Waals surface area contributed by atoms with Gasteiger partial charge in [-0.05, 0) is 48.0 Å². The molecule has 7 nitrogen and oxygen atoms in total. The summed E-state index contributed by atoms with van der Waals surface area (Å²) in [5, 5.41) is 3.12. The van der Waals surface area contributed by atoms with Gasteiger partial charge in [0.1, 0.15) is 10.6 Å². The highest BCUT2D eigenvalue weighted by atomic mass is 32.2. The number of hydrogen-bond donors (Lipinski definition) is 3. The first-order valence-corrected chi connectivity index (χ1v) is 10.8. The quantitative estimate of drug-likeness (QED) is 0.384. The zero-order valence-electron chi connectivity index (χ0n) is 14.6. The Hall–Kier alpha value is -3.04. The summed E-state index contributed by atoms with van der Waals surface area (Å²) in [4.78, 5) is 0.0768. The molecule has 0 bridgehead atoms. The van der Waals surface area contributed by atoms with Crippen molar-refractivity contribution in [2.45, 2.75) is 11.4 Å². The monoisotopic (exact) mass is 418 g/mol. The maximum Gasteiger partial charge on any atom is 0.339 e. The van der Waals surface area contributed by atoms with E-state index in [-0.39, 0.29) is 17.2 Å². The molecular formula is C19H18N2O5S2. The summed E-state index contributed by atoms with van der Waals surface area (Å²) in [5.41, 5.74) is 1.70. The molecule has 0 radical (unpaired) electrons. The molecule has 0 spiro atoms. The van der Waals surface area contributed by atoms with E-state index < -0.39 is 21.0 Å². The van der Waals surface area contributed by atoms with Crippen LogP contribution < -0.4 is 14.2 Å². The van der Waals surface area contributed by atoms with Crippen LogP contribution in [0.25, 0.3) is 0 Å². The van der Waals surface area contributed by atoms with Crippen LogP contribution in [0, 0.1) is 0 Å². The lowest BCUT2D eigenvalue weighted by molar-refractivity contribution is 0.485. The van der Waals surface area contributed by atoms with Gasteiger partial charge in [-0.25, -0.2) is 8.42 Å². The Morgan fingerprint density at radius 3 is 2.07 bits per heavy atom. The molecule has 0 saturated heterocycles. The molecule has 0 aromatic heterocycles. The first kappa shape index (κ1) is 19.7. The summed E-state index contributed by atoms with van der Waals surface area (Å²) < 4.78 is 54.2. The van der Waals surface area contributed by atoms with Crippen molar-refractivity contribution in [2.24, 2.45) is 0 Å². The normalized spacial score (nSPS) is 11.2. The number of rotatable bonds is 8. The highest BCUT2D eigenvalue weighted by Crippen LogP contribution is 2.22. The Kier molecular flexibility index (Phi) is 6.17. The molecule has 0 atom stereocenters. The van der Waals surface area contributed by atoms with Gasteiger partial charge in [-0.2, -0.15) is 8.42 Å². The first-order valence-electron chi connectivity index (χ1n) is 8.26. The number of benzene rings is 3. The van der Waals surface area contributed by atoms with Crippen LogP contribution in [0.1, 0.15) is 5.56 Å². The van der Waals surface area contributed by atoms with Crippen molar-refractivity contribution in [3.8, 4) is 5.75 Å². The van der Waals surface area contributed by atoms with E-state index in [1.54, 1.807) is 72.8 Å². The topological polar surface area (TPSA) is 102 Å². The van der Waals surface area contributed by atoms with Gasteiger partial charge in [0.25, 0.3) is 0 Å². The predicted octanol–water partition coefficient (Wildman–Crippen LogP) is 3.00. The molecule has 3 rings (SSSR count). The highest BCUT2D eigenvalue weighted by Gasteiger charge is 2.20. The summed E-state index contributed by atoms with van der Waals surface area (Å²) in [7, 11) is -6.71. The number of anilines is 2. The number of hydrogen-bond acceptors (Lipinski definition) is 6. The van der Waals surface area contributed by atoms with Crippen molar-refractivity contribution < 1.29 is 21.0 Å². The Bertz CT molecular complexity index is 1100. The molecule has 0 amide bonds. The second-order valence-corrected chi connectivity index (χ2v) is 8.01. The molecule has 9 heteroatoms. The minimum absolute atomic E-state index is 0.0768. The standard InChI is InChI=1S/C19H18N2O5S2/c22-27(23)21-17-12-10-16(11-13-17)20-14-15-6-4-5-9-19(15)28(24,25)26-18-7-2-1-3-8-18/h1-13,20,27H,14H2,(H,21,22,23). The molecule has 0 heterocycles. The van der Waals surface area contributed by atoms with E-state index in [2.05, 4.69) is 10.0 Å². The van der Waals surface area contributed by atoms with Crippen LogP contribution in [-0.2, 0) is 27.6 Å². The Balaban J connectivity index is 1.75. The van der Waals surface area contributed by atoms with Gasteiger partial charge in [-0.3, -0.25) is 4.72 Å². The van der Waals surface area contributed by atoms with E-state index in [0.717, 1.165) is 0 Å². The third kappa shape index (κ3) is 5.24. The molecule has 3 aromatic rings. The van der Waals surface area contributed by atoms with Crippen LogP contribution in [0.5, 0.6) is 5.75 Å². The van der Waals surface area contributed by atoms with E-state index in [1.807, 2.05) is 0 Å². The smallest absolute Gasteiger partial charge is 0.339 e. The number of nitrogens with one attached hydrogen (secondary N) is 2. The molecule has 3 aromatic carbocycles. The Morgan fingerprint density at radius 1 is 0.786 bits per heavy atom. The van der Waals surface area contributed by atoms with E-state index in [1.165, 1.54) is 6.07 Å². The summed E-state index contributed by atoms with van der Waals surface area (Å²) in [6, 6.07) is 21.5. The molecule has 0 unspecified atom stereocenters. The third-order valence-electron chi connectivity index (χ3n) is 3.78. The maximum atomic E-state index is 12.7. The van der Waals surface area contributed by atoms with Crippen LogP contribution in [-0.4, -0.2) is 16.8 Å². The van der Waals surface area contributed by atoms with Crippen LogP contribution in [0.2, 0.25) is 0 Å². The zero-order valence-corrected chi connectivity index (χ0v) is 16.3. The summed E-state index contributed by atoms with van der Waals surface area (Å²) in [6.45, 7) is 0.246. The number of para-hydroxylation sites is 1. The molecule has 0 aliphatic rings. The minimum Gasteiger partial charge on any atom is -0.381 e. The first-order chi connectivity index (χ1) is 13.4. The average molecular weight is 418 g/mol. The predicted molar refractivity (Wildman–Crippen MR) is 108 cm³/mol. The van der Waals surface area contributed by atoms with Gasteiger partial charge in [0.15, 0.2) is 0 Å². The third-order valence-corrected chi connectivity index (χ3v) is 5.57. The molecule has 28 heavy (non-hydrogen) atoms. The number of thiol groups is 1. The highest BCUT2D eigenvalue weighted by molar-refractivity contribution is 7.87. The fourth-order valence-corrected chi connectivity index (χ4v) is 4.03. The SMILES string of the molecule is O=[SH](=O)Nc1ccc(NCc2ccccc2S(=O)(=O)Oc2ccccc2)cc1. The van der Waals surface area contributed by atoms with Crippen LogP contribution >= 0.6 is 0 Å². The zero-order chi connectivity index (χ0) is 20.0. The van der Waals surface area contributed by atoms with E-state index in [0.29, 0.717) is 16.9 Å². The lowest BCUT2D eigenvalue weighted by Gasteiger charge is -2.13. The van der Waals surface area contributed by atoms with Crippen molar-refractivity contribution in [1.29, 1.82) is 0 Å². The van der Waals surface area contributed by atoms with Crippen molar-refractivity contribution in [1.82, 2.24) is 0 Å². The fourth-order valence-electron chi connectivity index (χ4n) is 2.51. The van der Waals surface area contributed by atoms with E-state index in [9.17, 15) is 16.8 Å². The molecule has 0 aliphatic heterocycles. The second kappa shape index (κ2) is 8.77. The van der Waals surface area contributed by atoms with Gasteiger partial charge < -0.3 is 9.50 Å². The van der Waals surface area contributed by atoms with Gasteiger partial charge in [0, 0.05) is 17.9 Å². The van der Waals surface area contributed by atoms with Crippen molar-refractivity contribution in [3.05, 3.63) is 84.4 Å². The summed E-state index contributed by atoms with van der Waals surface area (Å²) in [6.07, 6.45) is 0. The maximum absolute atomic E-state index is 12.7. The Morgan fingerprint density at radius 2 is 1.39 bits per heavy atom. The van der Waals surface area contributed by atoms with Crippen molar-refractivity contribution in [2.75, 3.05) is 10.0 Å². The lowest BCUT2D eigenvalue weighted by atomic mass is 10.2. The second-order valence-electron chi connectivity index (χ2n) is 5.76. The molecule has 0 aliphatic carbocycles. The molecular weight excluding hydrogens is 400 g/mol. The fraction of sp³-hybridized carbons (Fsp3) is 0.0526. The molecule has 0 saturated carbocycles. The molecule has 2 N–H and O–H groups in total. The van der Waals surface area contributed by atoms with Crippen molar-refractivity contribution >= 4 is 32.4 Å². The van der Waals surface area contributed by atoms with E-state index >= 15 is 0 Å². The van der Waals surface area contributed by atoms with Gasteiger partial charge >= 0.3 is 10.1 Å². The largest absolute Gasteiger partial charge is 0.381 e. The van der Waals surface area contributed by atoms with Gasteiger partial charge in [-0.1, -0.05) is 36.4 Å². The van der Waals surface area contributed by atoms with Crippen LogP contribution in [0.3, 0.4) is 0 Å². The average Bonchev–Trinajstić information content (AvgIpc) is 2.68. The minimum atomic E-state index is -3.99. The molecule has 146 valence electrons. The van der Waals surface area contributed by atoms with Gasteiger partial charge in [0.05, 0.1) is 0 Å². The van der Waals surface area contributed by atoms with Gasteiger partial charge in [-0.15, -0.1) is 0 Å². The van der Waals surface area contributed by atoms with Gasteiger partial charge in [0.2, 0.25) is 10.9 Å².